The normalized spacial score (nSPS) is 28.4. The third-order valence-electron chi connectivity index (χ3n) is 3.65. The average Bonchev–Trinajstić information content (AvgIpc) is 2.88. The van der Waals surface area contributed by atoms with Crippen LogP contribution >= 0.6 is 11.8 Å². The van der Waals surface area contributed by atoms with E-state index in [-0.39, 0.29) is 6.10 Å². The lowest BCUT2D eigenvalue weighted by Gasteiger charge is -2.24. The first-order chi connectivity index (χ1) is 8.34. The quantitative estimate of drug-likeness (QED) is 0.763. The van der Waals surface area contributed by atoms with E-state index in [0.29, 0.717) is 25.3 Å². The van der Waals surface area contributed by atoms with Crippen LogP contribution in [0, 0.1) is 0 Å². The number of ether oxygens (including phenoxy) is 1. The molecule has 17 heavy (non-hydrogen) atoms. The molecule has 2 unspecified atom stereocenters. The van der Waals surface area contributed by atoms with E-state index in [9.17, 15) is 5.11 Å². The Morgan fingerprint density at radius 3 is 2.76 bits per heavy atom. The molecule has 2 rings (SSSR count). The van der Waals surface area contributed by atoms with E-state index in [4.69, 9.17) is 4.74 Å². The molecule has 2 atom stereocenters. The molecule has 1 heterocycles. The SMILES string of the molecule is OC(CNC1CCSC1)COC1CCCCC1. The van der Waals surface area contributed by atoms with Crippen molar-refractivity contribution in [2.75, 3.05) is 24.7 Å². The maximum absolute atomic E-state index is 9.85. The molecule has 2 aliphatic rings. The molecule has 1 saturated heterocycles. The van der Waals surface area contributed by atoms with Crippen LogP contribution in [0.15, 0.2) is 0 Å². The van der Waals surface area contributed by atoms with Crippen LogP contribution in [-0.4, -0.2) is 48.0 Å². The first-order valence-corrected chi connectivity index (χ1v) is 8.11. The lowest BCUT2D eigenvalue weighted by Crippen LogP contribution is -2.38. The van der Waals surface area contributed by atoms with Crippen molar-refractivity contribution in [3.05, 3.63) is 0 Å². The molecule has 3 nitrogen and oxygen atoms in total. The Kier molecular flexibility index (Phi) is 6.12. The number of hydrogen-bond donors (Lipinski definition) is 2. The summed E-state index contributed by atoms with van der Waals surface area (Å²) < 4.78 is 5.76. The summed E-state index contributed by atoms with van der Waals surface area (Å²) in [6.45, 7) is 1.18. The maximum Gasteiger partial charge on any atom is 0.0897 e. The van der Waals surface area contributed by atoms with Gasteiger partial charge >= 0.3 is 0 Å². The minimum Gasteiger partial charge on any atom is -0.389 e. The van der Waals surface area contributed by atoms with Crippen LogP contribution in [0.25, 0.3) is 0 Å². The van der Waals surface area contributed by atoms with Crippen molar-refractivity contribution in [2.45, 2.75) is 56.8 Å². The fraction of sp³-hybridized carbons (Fsp3) is 1.00. The summed E-state index contributed by atoms with van der Waals surface area (Å²) in [5.74, 6) is 2.45. The summed E-state index contributed by atoms with van der Waals surface area (Å²) >= 11 is 1.99. The predicted octanol–water partition coefficient (Wildman–Crippen LogP) is 1.79. The van der Waals surface area contributed by atoms with Gasteiger partial charge in [-0.1, -0.05) is 19.3 Å². The highest BCUT2D eigenvalue weighted by Crippen LogP contribution is 2.20. The Hall–Kier alpha value is 0.230. The molecule has 1 aliphatic carbocycles. The van der Waals surface area contributed by atoms with Gasteiger partial charge in [0.05, 0.1) is 18.8 Å². The molecule has 0 aromatic rings. The van der Waals surface area contributed by atoms with Gasteiger partial charge in [-0.25, -0.2) is 0 Å². The Labute approximate surface area is 109 Å². The topological polar surface area (TPSA) is 41.5 Å². The van der Waals surface area contributed by atoms with E-state index in [1.807, 2.05) is 11.8 Å². The van der Waals surface area contributed by atoms with Gasteiger partial charge in [-0.2, -0.15) is 11.8 Å². The minimum absolute atomic E-state index is 0.345. The van der Waals surface area contributed by atoms with Crippen LogP contribution in [0.3, 0.4) is 0 Å². The number of hydrogen-bond acceptors (Lipinski definition) is 4. The van der Waals surface area contributed by atoms with Crippen LogP contribution in [-0.2, 0) is 4.74 Å². The molecule has 0 spiro atoms. The zero-order valence-corrected chi connectivity index (χ0v) is 11.4. The van der Waals surface area contributed by atoms with E-state index in [1.165, 1.54) is 50.0 Å². The van der Waals surface area contributed by atoms with Crippen LogP contribution < -0.4 is 5.32 Å². The second-order valence-corrected chi connectivity index (χ2v) is 6.37. The Morgan fingerprint density at radius 1 is 1.24 bits per heavy atom. The van der Waals surface area contributed by atoms with Gasteiger partial charge in [0, 0.05) is 18.3 Å². The third kappa shape index (κ3) is 5.16. The van der Waals surface area contributed by atoms with Gasteiger partial charge in [-0.15, -0.1) is 0 Å². The Morgan fingerprint density at radius 2 is 2.06 bits per heavy atom. The second-order valence-electron chi connectivity index (χ2n) is 5.22. The van der Waals surface area contributed by atoms with E-state index >= 15 is 0 Å². The summed E-state index contributed by atoms with van der Waals surface area (Å²) in [7, 11) is 0. The van der Waals surface area contributed by atoms with E-state index in [2.05, 4.69) is 5.32 Å². The van der Waals surface area contributed by atoms with E-state index in [0.717, 1.165) is 0 Å². The minimum atomic E-state index is -0.345. The van der Waals surface area contributed by atoms with Gasteiger partial charge in [0.25, 0.3) is 0 Å². The molecule has 1 aliphatic heterocycles. The van der Waals surface area contributed by atoms with Crippen LogP contribution in [0.2, 0.25) is 0 Å². The smallest absolute Gasteiger partial charge is 0.0897 e. The highest BCUT2D eigenvalue weighted by Gasteiger charge is 2.18. The van der Waals surface area contributed by atoms with Crippen molar-refractivity contribution < 1.29 is 9.84 Å². The van der Waals surface area contributed by atoms with Crippen molar-refractivity contribution in [2.24, 2.45) is 0 Å². The van der Waals surface area contributed by atoms with Crippen molar-refractivity contribution in [1.29, 1.82) is 0 Å². The predicted molar refractivity (Wildman–Crippen MR) is 72.6 cm³/mol. The second kappa shape index (κ2) is 7.62. The number of aliphatic hydroxyl groups excluding tert-OH is 1. The lowest BCUT2D eigenvalue weighted by molar-refractivity contribution is -0.0234. The summed E-state index contributed by atoms with van der Waals surface area (Å²) in [6, 6.07) is 0.601. The van der Waals surface area contributed by atoms with Gasteiger partial charge in [-0.3, -0.25) is 0 Å². The number of aliphatic hydroxyl groups is 1. The summed E-state index contributed by atoms with van der Waals surface area (Å²) in [5, 5.41) is 13.3. The maximum atomic E-state index is 9.85. The molecule has 2 N–H and O–H groups in total. The highest BCUT2D eigenvalue weighted by atomic mass is 32.2. The first kappa shape index (κ1) is 13.7. The molecule has 0 amide bonds. The van der Waals surface area contributed by atoms with Gasteiger partial charge in [0.15, 0.2) is 0 Å². The summed E-state index contributed by atoms with van der Waals surface area (Å²) in [4.78, 5) is 0. The number of thioether (sulfide) groups is 1. The monoisotopic (exact) mass is 259 g/mol. The molecule has 0 aromatic heterocycles. The largest absolute Gasteiger partial charge is 0.389 e. The van der Waals surface area contributed by atoms with Gasteiger partial charge < -0.3 is 15.2 Å². The molecular weight excluding hydrogens is 234 g/mol. The van der Waals surface area contributed by atoms with Gasteiger partial charge in [-0.05, 0) is 25.0 Å². The third-order valence-corrected chi connectivity index (χ3v) is 4.81. The van der Waals surface area contributed by atoms with Crippen molar-refractivity contribution in [1.82, 2.24) is 5.32 Å². The van der Waals surface area contributed by atoms with E-state index in [1.54, 1.807) is 0 Å². The lowest BCUT2D eigenvalue weighted by atomic mass is 9.98. The average molecular weight is 259 g/mol. The van der Waals surface area contributed by atoms with Crippen molar-refractivity contribution >= 4 is 11.8 Å². The fourth-order valence-corrected chi connectivity index (χ4v) is 3.72. The molecule has 100 valence electrons. The highest BCUT2D eigenvalue weighted by molar-refractivity contribution is 7.99. The molecule has 1 saturated carbocycles. The van der Waals surface area contributed by atoms with Crippen LogP contribution in [0.5, 0.6) is 0 Å². The fourth-order valence-electron chi connectivity index (χ4n) is 2.54. The molecule has 0 aromatic carbocycles. The van der Waals surface area contributed by atoms with E-state index < -0.39 is 0 Å². The standard InChI is InChI=1S/C13H25NO2S/c15-12(8-14-11-6-7-17-10-11)9-16-13-4-2-1-3-5-13/h11-15H,1-10H2. The van der Waals surface area contributed by atoms with Crippen molar-refractivity contribution in [3.63, 3.8) is 0 Å². The zero-order valence-electron chi connectivity index (χ0n) is 10.6. The summed E-state index contributed by atoms with van der Waals surface area (Å²) in [5.41, 5.74) is 0. The van der Waals surface area contributed by atoms with Crippen LogP contribution in [0.1, 0.15) is 38.5 Å². The Bertz CT molecular complexity index is 204. The number of nitrogens with one attached hydrogen (secondary N) is 1. The Balaban J connectivity index is 1.52. The molecule has 2 fully saturated rings. The first-order valence-electron chi connectivity index (χ1n) is 6.95. The summed E-state index contributed by atoms with van der Waals surface area (Å²) in [6.07, 6.45) is 7.59. The molecule has 4 heteroatoms. The van der Waals surface area contributed by atoms with Gasteiger partial charge in [0.1, 0.15) is 0 Å². The van der Waals surface area contributed by atoms with Crippen molar-refractivity contribution in [3.8, 4) is 0 Å². The molecule has 0 bridgehead atoms. The molecule has 0 radical (unpaired) electrons. The number of rotatable bonds is 6. The van der Waals surface area contributed by atoms with Crippen LogP contribution in [0.4, 0.5) is 0 Å². The van der Waals surface area contributed by atoms with Gasteiger partial charge in [0.2, 0.25) is 0 Å². The molecular formula is C13H25NO2S. The zero-order chi connectivity index (χ0) is 11.9.